The van der Waals surface area contributed by atoms with E-state index < -0.39 is 0 Å². The van der Waals surface area contributed by atoms with Gasteiger partial charge in [0.05, 0.1) is 0 Å². The summed E-state index contributed by atoms with van der Waals surface area (Å²) in [5, 5.41) is 3.16. The Balaban J connectivity index is 2.48. The van der Waals surface area contributed by atoms with Crippen molar-refractivity contribution in [2.45, 2.75) is 54.0 Å². The lowest BCUT2D eigenvalue weighted by Crippen LogP contribution is -2.24. The van der Waals surface area contributed by atoms with Gasteiger partial charge in [0.15, 0.2) is 5.82 Å². The topological polar surface area (TPSA) is 46.9 Å². The Bertz CT molecular complexity index is 445. The van der Waals surface area contributed by atoms with Crippen molar-refractivity contribution in [3.8, 4) is 0 Å². The van der Waals surface area contributed by atoms with E-state index >= 15 is 0 Å². The largest absolute Gasteiger partial charge is 0.365 e. The molecule has 4 nitrogen and oxygen atoms in total. The third kappa shape index (κ3) is 5.45. The van der Waals surface area contributed by atoms with Gasteiger partial charge in [-0.15, -0.1) is 0 Å². The summed E-state index contributed by atoms with van der Waals surface area (Å²) in [7, 11) is 0. The molecule has 0 aromatic carbocycles. The van der Waals surface area contributed by atoms with E-state index in [2.05, 4.69) is 38.0 Å². The van der Waals surface area contributed by atoms with Gasteiger partial charge in [-0.3, -0.25) is 4.79 Å². The standard InChI is InChI=1S/C15H27N3O/c1-6-18-10-9-17-13(14(18)19)16-8-7-12(2)11-15(3,4)5/h9-10,12H,6-8,11H2,1-5H3,(H,16,17). The van der Waals surface area contributed by atoms with Crippen LogP contribution in [-0.4, -0.2) is 16.1 Å². The van der Waals surface area contributed by atoms with Crippen LogP contribution in [0.25, 0.3) is 0 Å². The van der Waals surface area contributed by atoms with E-state index in [1.165, 1.54) is 6.42 Å². The molecule has 0 amide bonds. The second-order valence-electron chi connectivity index (χ2n) is 6.45. The maximum atomic E-state index is 11.9. The van der Waals surface area contributed by atoms with Gasteiger partial charge in [0.1, 0.15) is 0 Å². The van der Waals surface area contributed by atoms with Gasteiger partial charge in [-0.05, 0) is 31.1 Å². The number of aromatic nitrogens is 2. The molecule has 0 bridgehead atoms. The summed E-state index contributed by atoms with van der Waals surface area (Å²) in [6, 6.07) is 0. The first-order valence-electron chi connectivity index (χ1n) is 7.13. The molecule has 1 N–H and O–H groups in total. The molecule has 19 heavy (non-hydrogen) atoms. The molecule has 1 aromatic rings. The average Bonchev–Trinajstić information content (AvgIpc) is 2.29. The average molecular weight is 265 g/mol. The summed E-state index contributed by atoms with van der Waals surface area (Å²) in [6.45, 7) is 12.5. The van der Waals surface area contributed by atoms with Gasteiger partial charge >= 0.3 is 0 Å². The fourth-order valence-corrected chi connectivity index (χ4v) is 2.40. The molecule has 1 rings (SSSR count). The minimum atomic E-state index is -0.0338. The first kappa shape index (κ1) is 15.7. The zero-order valence-corrected chi connectivity index (χ0v) is 12.9. The summed E-state index contributed by atoms with van der Waals surface area (Å²) in [5.41, 5.74) is 0.327. The number of nitrogens with zero attached hydrogens (tertiary/aromatic N) is 2. The predicted octanol–water partition coefficient (Wildman–Crippen LogP) is 3.14. The monoisotopic (exact) mass is 265 g/mol. The number of anilines is 1. The summed E-state index contributed by atoms with van der Waals surface area (Å²) in [4.78, 5) is 16.1. The van der Waals surface area contributed by atoms with Crippen LogP contribution in [0.5, 0.6) is 0 Å². The fourth-order valence-electron chi connectivity index (χ4n) is 2.40. The molecule has 0 radical (unpaired) electrons. The molecule has 1 heterocycles. The lowest BCUT2D eigenvalue weighted by atomic mass is 9.84. The second-order valence-corrected chi connectivity index (χ2v) is 6.45. The van der Waals surface area contributed by atoms with Crippen LogP contribution in [-0.2, 0) is 6.54 Å². The number of rotatable bonds is 6. The predicted molar refractivity (Wildman–Crippen MR) is 80.5 cm³/mol. The summed E-state index contributed by atoms with van der Waals surface area (Å²) < 4.78 is 1.66. The normalized spacial score (nSPS) is 13.3. The number of hydrogen-bond acceptors (Lipinski definition) is 3. The molecule has 0 aliphatic rings. The van der Waals surface area contributed by atoms with Crippen molar-refractivity contribution in [2.24, 2.45) is 11.3 Å². The molecule has 0 saturated heterocycles. The SMILES string of the molecule is CCn1ccnc(NCCC(C)CC(C)(C)C)c1=O. The highest BCUT2D eigenvalue weighted by molar-refractivity contribution is 5.30. The highest BCUT2D eigenvalue weighted by Gasteiger charge is 2.15. The van der Waals surface area contributed by atoms with E-state index in [4.69, 9.17) is 0 Å². The van der Waals surface area contributed by atoms with Crippen LogP contribution in [0.3, 0.4) is 0 Å². The van der Waals surface area contributed by atoms with Crippen LogP contribution in [0.1, 0.15) is 47.5 Å². The zero-order chi connectivity index (χ0) is 14.5. The first-order valence-corrected chi connectivity index (χ1v) is 7.13. The Hall–Kier alpha value is -1.32. The van der Waals surface area contributed by atoms with Crippen molar-refractivity contribution in [1.29, 1.82) is 0 Å². The quantitative estimate of drug-likeness (QED) is 0.859. The molecule has 0 aliphatic heterocycles. The van der Waals surface area contributed by atoms with E-state index in [0.717, 1.165) is 13.0 Å². The second kappa shape index (κ2) is 6.73. The third-order valence-corrected chi connectivity index (χ3v) is 3.14. The summed E-state index contributed by atoms with van der Waals surface area (Å²) in [6.07, 6.45) is 5.64. The lowest BCUT2D eigenvalue weighted by Gasteiger charge is -2.23. The van der Waals surface area contributed by atoms with Crippen LogP contribution in [0, 0.1) is 11.3 Å². The van der Waals surface area contributed by atoms with E-state index in [0.29, 0.717) is 23.7 Å². The maximum absolute atomic E-state index is 11.9. The highest BCUT2D eigenvalue weighted by atomic mass is 16.1. The number of aryl methyl sites for hydroxylation is 1. The van der Waals surface area contributed by atoms with Crippen LogP contribution >= 0.6 is 0 Å². The third-order valence-electron chi connectivity index (χ3n) is 3.14. The summed E-state index contributed by atoms with van der Waals surface area (Å²) >= 11 is 0. The van der Waals surface area contributed by atoms with E-state index in [-0.39, 0.29) is 5.56 Å². The molecule has 4 heteroatoms. The van der Waals surface area contributed by atoms with Crippen LogP contribution in [0.15, 0.2) is 17.2 Å². The van der Waals surface area contributed by atoms with Gasteiger partial charge in [-0.25, -0.2) is 4.98 Å². The first-order chi connectivity index (χ1) is 8.83. The smallest absolute Gasteiger partial charge is 0.293 e. The molecule has 0 saturated carbocycles. The van der Waals surface area contributed by atoms with E-state index in [1.54, 1.807) is 17.0 Å². The van der Waals surface area contributed by atoms with Crippen molar-refractivity contribution in [2.75, 3.05) is 11.9 Å². The van der Waals surface area contributed by atoms with Crippen molar-refractivity contribution >= 4 is 5.82 Å². The molecule has 0 spiro atoms. The Morgan fingerprint density at radius 3 is 2.68 bits per heavy atom. The Morgan fingerprint density at radius 1 is 1.42 bits per heavy atom. The number of hydrogen-bond donors (Lipinski definition) is 1. The Morgan fingerprint density at radius 2 is 2.11 bits per heavy atom. The molecule has 1 atom stereocenters. The number of nitrogens with one attached hydrogen (secondary N) is 1. The van der Waals surface area contributed by atoms with Crippen molar-refractivity contribution in [3.05, 3.63) is 22.7 Å². The van der Waals surface area contributed by atoms with Gasteiger partial charge in [0.25, 0.3) is 5.56 Å². The van der Waals surface area contributed by atoms with Crippen LogP contribution < -0.4 is 10.9 Å². The van der Waals surface area contributed by atoms with Crippen LogP contribution in [0.2, 0.25) is 0 Å². The fraction of sp³-hybridized carbons (Fsp3) is 0.733. The van der Waals surface area contributed by atoms with Gasteiger partial charge < -0.3 is 9.88 Å². The maximum Gasteiger partial charge on any atom is 0.293 e. The minimum absolute atomic E-state index is 0.0338. The van der Waals surface area contributed by atoms with E-state index in [1.807, 2.05) is 6.92 Å². The van der Waals surface area contributed by atoms with Crippen molar-refractivity contribution in [1.82, 2.24) is 9.55 Å². The molecule has 0 fully saturated rings. The van der Waals surface area contributed by atoms with Crippen molar-refractivity contribution < 1.29 is 0 Å². The zero-order valence-electron chi connectivity index (χ0n) is 12.9. The molecule has 1 unspecified atom stereocenters. The summed E-state index contributed by atoms with van der Waals surface area (Å²) in [5.74, 6) is 1.11. The molecule has 1 aromatic heterocycles. The molecular formula is C15H27N3O. The van der Waals surface area contributed by atoms with E-state index in [9.17, 15) is 4.79 Å². The van der Waals surface area contributed by atoms with Gasteiger partial charge in [-0.1, -0.05) is 27.7 Å². The lowest BCUT2D eigenvalue weighted by molar-refractivity contribution is 0.300. The minimum Gasteiger partial charge on any atom is -0.365 e. The van der Waals surface area contributed by atoms with Gasteiger partial charge in [0.2, 0.25) is 0 Å². The molecule has 108 valence electrons. The van der Waals surface area contributed by atoms with Crippen LogP contribution in [0.4, 0.5) is 5.82 Å². The van der Waals surface area contributed by atoms with Gasteiger partial charge in [0, 0.05) is 25.5 Å². The molecular weight excluding hydrogens is 238 g/mol. The molecule has 0 aliphatic carbocycles. The van der Waals surface area contributed by atoms with Crippen molar-refractivity contribution in [3.63, 3.8) is 0 Å². The Labute approximate surface area is 116 Å². The van der Waals surface area contributed by atoms with Gasteiger partial charge in [-0.2, -0.15) is 0 Å². The highest BCUT2D eigenvalue weighted by Crippen LogP contribution is 2.25. The Kier molecular flexibility index (Phi) is 5.58.